The van der Waals surface area contributed by atoms with E-state index in [4.69, 9.17) is 16.3 Å². The molecule has 1 heterocycles. The lowest BCUT2D eigenvalue weighted by atomic mass is 10.00. The summed E-state index contributed by atoms with van der Waals surface area (Å²) in [6, 6.07) is 18.6. The second kappa shape index (κ2) is 12.2. The molecule has 0 aliphatic heterocycles. The van der Waals surface area contributed by atoms with Crippen LogP contribution in [-0.2, 0) is 22.1 Å². The average molecular weight is 584 g/mol. The van der Waals surface area contributed by atoms with Gasteiger partial charge in [-0.3, -0.25) is 9.59 Å². The number of carbonyl (C=O) groups excluding carboxylic acids is 2. The summed E-state index contributed by atoms with van der Waals surface area (Å²) in [5, 5.41) is 5.07. The maximum atomic E-state index is 14.0. The Morgan fingerprint density at radius 1 is 1.02 bits per heavy atom. The lowest BCUT2D eigenvalue weighted by Gasteiger charge is -2.25. The third kappa shape index (κ3) is 6.46. The first-order valence-electron chi connectivity index (χ1n) is 13.0. The normalized spacial score (nSPS) is 12.2. The minimum Gasteiger partial charge on any atom is -0.466 e. The quantitative estimate of drug-likeness (QED) is 0.202. The van der Waals surface area contributed by atoms with Crippen LogP contribution in [0.2, 0.25) is 5.02 Å². The number of amides is 1. The summed E-state index contributed by atoms with van der Waals surface area (Å²) in [5.41, 5.74) is 2.83. The molecular weight excluding hydrogens is 555 g/mol. The van der Waals surface area contributed by atoms with Crippen LogP contribution in [0.1, 0.15) is 52.6 Å². The van der Waals surface area contributed by atoms with Crippen molar-refractivity contribution in [3.8, 4) is 16.9 Å². The third-order valence-corrected chi connectivity index (χ3v) is 7.16. The Bertz CT molecular complexity index is 1550. The molecular formula is C31H29ClF3N3O3. The molecule has 4 aromatic rings. The number of esters is 1. The maximum absolute atomic E-state index is 14.0. The van der Waals surface area contributed by atoms with E-state index in [9.17, 15) is 22.8 Å². The predicted molar refractivity (Wildman–Crippen MR) is 151 cm³/mol. The van der Waals surface area contributed by atoms with E-state index in [1.807, 2.05) is 31.2 Å². The summed E-state index contributed by atoms with van der Waals surface area (Å²) in [6.45, 7) is 5.50. The Labute approximate surface area is 241 Å². The molecule has 0 spiro atoms. The number of halogens is 4. The number of hydrogen-bond acceptors (Lipinski definition) is 4. The monoisotopic (exact) mass is 583 g/mol. The van der Waals surface area contributed by atoms with Gasteiger partial charge in [0.05, 0.1) is 41.0 Å². The van der Waals surface area contributed by atoms with E-state index in [0.717, 1.165) is 17.7 Å². The minimum absolute atomic E-state index is 0.00908. The molecule has 6 nitrogen and oxygen atoms in total. The van der Waals surface area contributed by atoms with Crippen molar-refractivity contribution < 1.29 is 27.5 Å². The van der Waals surface area contributed by atoms with Gasteiger partial charge in [-0.05, 0) is 50.6 Å². The van der Waals surface area contributed by atoms with Crippen LogP contribution < -0.4 is 0 Å². The molecule has 0 bridgehead atoms. The second-order valence-electron chi connectivity index (χ2n) is 9.60. The fourth-order valence-electron chi connectivity index (χ4n) is 4.47. The fraction of sp³-hybridized carbons (Fsp3) is 0.258. The summed E-state index contributed by atoms with van der Waals surface area (Å²) in [5.74, 6) is -1.05. The first-order valence-corrected chi connectivity index (χ1v) is 13.3. The van der Waals surface area contributed by atoms with E-state index < -0.39 is 29.7 Å². The zero-order valence-electron chi connectivity index (χ0n) is 23.0. The van der Waals surface area contributed by atoms with Crippen molar-refractivity contribution in [2.24, 2.45) is 0 Å². The third-order valence-electron chi connectivity index (χ3n) is 6.84. The molecule has 1 aromatic heterocycles. The van der Waals surface area contributed by atoms with E-state index >= 15 is 0 Å². The predicted octanol–water partition coefficient (Wildman–Crippen LogP) is 7.46. The maximum Gasteiger partial charge on any atom is 0.416 e. The van der Waals surface area contributed by atoms with Crippen molar-refractivity contribution in [2.75, 3.05) is 13.7 Å². The standard InChI is InChI=1S/C31H29ClF3N3O3/c1-5-41-27(39)18-24-28(30(40)37(4)20(3)21-14-16-23(17-15-21)31(33,34)35)36-38(26-9-7-6-8-25(26)32)29(24)22-12-10-19(2)11-13-22/h6-17,20H,5,18H2,1-4H3/t20-/m1/s1. The van der Waals surface area contributed by atoms with Crippen molar-refractivity contribution in [3.63, 3.8) is 0 Å². The van der Waals surface area contributed by atoms with E-state index in [0.29, 0.717) is 33.1 Å². The zero-order chi connectivity index (χ0) is 29.9. The van der Waals surface area contributed by atoms with Gasteiger partial charge in [-0.1, -0.05) is 65.7 Å². The van der Waals surface area contributed by atoms with E-state index in [2.05, 4.69) is 5.10 Å². The van der Waals surface area contributed by atoms with Crippen LogP contribution in [-0.4, -0.2) is 40.2 Å². The van der Waals surface area contributed by atoms with Crippen LogP contribution in [0.3, 0.4) is 0 Å². The molecule has 0 N–H and O–H groups in total. The Hall–Kier alpha value is -4.11. The van der Waals surface area contributed by atoms with E-state index in [1.54, 1.807) is 49.8 Å². The summed E-state index contributed by atoms with van der Waals surface area (Å²) in [6.07, 6.45) is -4.70. The molecule has 0 unspecified atom stereocenters. The first-order chi connectivity index (χ1) is 19.4. The van der Waals surface area contributed by atoms with Crippen LogP contribution >= 0.6 is 11.6 Å². The van der Waals surface area contributed by atoms with Crippen molar-refractivity contribution >= 4 is 23.5 Å². The van der Waals surface area contributed by atoms with Gasteiger partial charge in [0.2, 0.25) is 0 Å². The van der Waals surface area contributed by atoms with Crippen molar-refractivity contribution in [1.82, 2.24) is 14.7 Å². The van der Waals surface area contributed by atoms with Gasteiger partial charge in [0, 0.05) is 18.2 Å². The van der Waals surface area contributed by atoms with Crippen molar-refractivity contribution in [3.05, 3.63) is 106 Å². The number of rotatable bonds is 8. The Balaban J connectivity index is 1.86. The highest BCUT2D eigenvalue weighted by Crippen LogP contribution is 2.35. The highest BCUT2D eigenvalue weighted by molar-refractivity contribution is 6.32. The Morgan fingerprint density at radius 3 is 2.24 bits per heavy atom. The van der Waals surface area contributed by atoms with Crippen molar-refractivity contribution in [2.45, 2.75) is 39.4 Å². The molecule has 4 rings (SSSR count). The molecule has 0 aliphatic rings. The lowest BCUT2D eigenvalue weighted by Crippen LogP contribution is -2.31. The molecule has 0 radical (unpaired) electrons. The van der Waals surface area contributed by atoms with Crippen LogP contribution in [0.5, 0.6) is 0 Å². The summed E-state index contributed by atoms with van der Waals surface area (Å²) in [4.78, 5) is 28.2. The van der Waals surface area contributed by atoms with Crippen LogP contribution in [0.25, 0.3) is 16.9 Å². The first kappa shape index (κ1) is 29.9. The summed E-state index contributed by atoms with van der Waals surface area (Å²) < 4.78 is 46.0. The largest absolute Gasteiger partial charge is 0.466 e. The SMILES string of the molecule is CCOC(=O)Cc1c(C(=O)N(C)[C@H](C)c2ccc(C(F)(F)F)cc2)nn(-c2ccccc2Cl)c1-c1ccc(C)cc1. The number of aromatic nitrogens is 2. The smallest absolute Gasteiger partial charge is 0.416 e. The van der Waals surface area contributed by atoms with Crippen molar-refractivity contribution in [1.29, 1.82) is 0 Å². The molecule has 10 heteroatoms. The minimum atomic E-state index is -4.47. The van der Waals surface area contributed by atoms with Gasteiger partial charge in [-0.2, -0.15) is 18.3 Å². The fourth-order valence-corrected chi connectivity index (χ4v) is 4.68. The van der Waals surface area contributed by atoms with Gasteiger partial charge < -0.3 is 9.64 Å². The molecule has 214 valence electrons. The number of carbonyl (C=O) groups is 2. The Kier molecular flexibility index (Phi) is 8.87. The van der Waals surface area contributed by atoms with Gasteiger partial charge in [0.1, 0.15) is 0 Å². The molecule has 0 saturated heterocycles. The number of hydrogen-bond donors (Lipinski definition) is 0. The Morgan fingerprint density at radius 2 is 1.66 bits per heavy atom. The second-order valence-corrected chi connectivity index (χ2v) is 10.0. The number of benzene rings is 3. The molecule has 1 atom stereocenters. The number of para-hydroxylation sites is 1. The van der Waals surface area contributed by atoms with Gasteiger partial charge >= 0.3 is 12.1 Å². The van der Waals surface area contributed by atoms with Crippen LogP contribution in [0.15, 0.2) is 72.8 Å². The van der Waals surface area contributed by atoms with Gasteiger partial charge in [0.15, 0.2) is 5.69 Å². The number of alkyl halides is 3. The molecule has 0 fully saturated rings. The average Bonchev–Trinajstić information content (AvgIpc) is 3.30. The molecule has 0 aliphatic carbocycles. The van der Waals surface area contributed by atoms with E-state index in [-0.39, 0.29) is 18.7 Å². The van der Waals surface area contributed by atoms with Gasteiger partial charge in [-0.15, -0.1) is 0 Å². The zero-order valence-corrected chi connectivity index (χ0v) is 23.8. The topological polar surface area (TPSA) is 64.4 Å². The number of ether oxygens (including phenoxy) is 1. The van der Waals surface area contributed by atoms with Crippen LogP contribution in [0, 0.1) is 6.92 Å². The number of nitrogens with zero attached hydrogens (tertiary/aromatic N) is 3. The highest BCUT2D eigenvalue weighted by atomic mass is 35.5. The highest BCUT2D eigenvalue weighted by Gasteiger charge is 2.32. The van der Waals surface area contributed by atoms with Gasteiger partial charge in [-0.25, -0.2) is 4.68 Å². The molecule has 0 saturated carbocycles. The molecule has 1 amide bonds. The lowest BCUT2D eigenvalue weighted by molar-refractivity contribution is -0.142. The summed E-state index contributed by atoms with van der Waals surface area (Å²) >= 11 is 6.55. The van der Waals surface area contributed by atoms with E-state index in [1.165, 1.54) is 17.0 Å². The number of aryl methyl sites for hydroxylation is 1. The molecule has 3 aromatic carbocycles. The van der Waals surface area contributed by atoms with Crippen LogP contribution in [0.4, 0.5) is 13.2 Å². The molecule has 41 heavy (non-hydrogen) atoms. The summed E-state index contributed by atoms with van der Waals surface area (Å²) in [7, 11) is 1.54. The van der Waals surface area contributed by atoms with Gasteiger partial charge in [0.25, 0.3) is 5.91 Å².